The van der Waals surface area contributed by atoms with E-state index in [9.17, 15) is 9.59 Å². The van der Waals surface area contributed by atoms with E-state index in [1.165, 1.54) is 0 Å². The number of unbranched alkanes of at least 4 members (excludes halogenated alkanes) is 1. The fourth-order valence-electron chi connectivity index (χ4n) is 1.70. The lowest BCUT2D eigenvalue weighted by Crippen LogP contribution is -2.51. The summed E-state index contributed by atoms with van der Waals surface area (Å²) in [5.74, 6) is -0.892. The Morgan fingerprint density at radius 3 is 2.26 bits per heavy atom. The van der Waals surface area contributed by atoms with E-state index in [1.807, 2.05) is 26.8 Å². The number of nitrogens with zero attached hydrogens (tertiary/aromatic N) is 2. The van der Waals surface area contributed by atoms with E-state index in [-0.39, 0.29) is 24.5 Å². The molecular weight excluding hydrogens is 244 g/mol. The lowest BCUT2D eigenvalue weighted by molar-refractivity contribution is -0.137. The molecule has 0 atom stereocenters. The molecule has 1 N–H and O–H groups in total. The van der Waals surface area contributed by atoms with E-state index < -0.39 is 5.97 Å². The zero-order chi connectivity index (χ0) is 15.1. The first kappa shape index (κ1) is 17.5. The second-order valence-corrected chi connectivity index (χ2v) is 5.60. The molecule has 19 heavy (non-hydrogen) atoms. The van der Waals surface area contributed by atoms with Crippen LogP contribution in [0.1, 0.15) is 40.0 Å². The average molecular weight is 270 g/mol. The molecule has 0 fully saturated rings. The first-order valence-electron chi connectivity index (χ1n) is 6.55. The van der Waals surface area contributed by atoms with Crippen LogP contribution >= 0.6 is 0 Å². The summed E-state index contributed by atoms with van der Waals surface area (Å²) in [7, 11) is 1.74. The maximum atomic E-state index is 12.3. The van der Waals surface area contributed by atoms with Gasteiger partial charge in [-0.3, -0.25) is 4.79 Å². The molecule has 0 rings (SSSR count). The molecule has 0 aromatic rings. The first-order valence-corrected chi connectivity index (χ1v) is 6.55. The summed E-state index contributed by atoms with van der Waals surface area (Å²) in [6.45, 7) is 10.2. The predicted molar refractivity (Wildman–Crippen MR) is 76.2 cm³/mol. The number of carboxylic acids is 1. The smallest absolute Gasteiger partial charge is 0.320 e. The van der Waals surface area contributed by atoms with Crippen molar-refractivity contribution in [2.24, 2.45) is 0 Å². The van der Waals surface area contributed by atoms with Gasteiger partial charge < -0.3 is 14.9 Å². The number of amides is 2. The van der Waals surface area contributed by atoms with Crippen LogP contribution in [0.15, 0.2) is 12.7 Å². The van der Waals surface area contributed by atoms with Gasteiger partial charge in [-0.25, -0.2) is 4.79 Å². The van der Waals surface area contributed by atoms with E-state index in [0.717, 1.165) is 12.8 Å². The van der Waals surface area contributed by atoms with Gasteiger partial charge in [0, 0.05) is 25.7 Å². The van der Waals surface area contributed by atoms with Gasteiger partial charge in [0.1, 0.15) is 0 Å². The standard InChI is InChI=1S/C14H26N2O3/c1-6-7-8-10-15(5)13(19)16(14(2,3)4)11-9-12(17)18/h6H,1,7-11H2,2-5H3,(H,17,18). The highest BCUT2D eigenvalue weighted by Crippen LogP contribution is 2.16. The van der Waals surface area contributed by atoms with Crippen LogP contribution in [0.2, 0.25) is 0 Å². The molecule has 110 valence electrons. The number of carboxylic acid groups (broad SMARTS) is 1. The van der Waals surface area contributed by atoms with Crippen LogP contribution in [0.3, 0.4) is 0 Å². The normalized spacial score (nSPS) is 10.9. The maximum absolute atomic E-state index is 12.3. The van der Waals surface area contributed by atoms with Crippen LogP contribution in [-0.2, 0) is 4.79 Å². The number of carbonyl (C=O) groups excluding carboxylic acids is 1. The van der Waals surface area contributed by atoms with Crippen molar-refractivity contribution in [2.75, 3.05) is 20.1 Å². The van der Waals surface area contributed by atoms with Gasteiger partial charge in [0.15, 0.2) is 0 Å². The molecule has 2 amide bonds. The first-order chi connectivity index (χ1) is 8.70. The van der Waals surface area contributed by atoms with Crippen molar-refractivity contribution in [3.8, 4) is 0 Å². The van der Waals surface area contributed by atoms with Crippen LogP contribution in [0.25, 0.3) is 0 Å². The highest BCUT2D eigenvalue weighted by molar-refractivity contribution is 5.76. The van der Waals surface area contributed by atoms with E-state index in [1.54, 1.807) is 16.8 Å². The minimum absolute atomic E-state index is 0.0382. The molecule has 5 nitrogen and oxygen atoms in total. The molecule has 0 saturated carbocycles. The Kier molecular flexibility index (Phi) is 7.19. The Morgan fingerprint density at radius 1 is 1.26 bits per heavy atom. The summed E-state index contributed by atoms with van der Waals surface area (Å²) in [6.07, 6.45) is 3.51. The largest absolute Gasteiger partial charge is 0.481 e. The molecule has 0 aliphatic heterocycles. The van der Waals surface area contributed by atoms with Crippen molar-refractivity contribution >= 4 is 12.0 Å². The minimum Gasteiger partial charge on any atom is -0.481 e. The van der Waals surface area contributed by atoms with Crippen molar-refractivity contribution in [2.45, 2.75) is 45.6 Å². The zero-order valence-corrected chi connectivity index (χ0v) is 12.5. The molecule has 0 aromatic carbocycles. The third-order valence-corrected chi connectivity index (χ3v) is 2.82. The summed E-state index contributed by atoms with van der Waals surface area (Å²) >= 11 is 0. The number of allylic oxidation sites excluding steroid dienone is 1. The Bertz CT molecular complexity index is 321. The number of carbonyl (C=O) groups is 2. The van der Waals surface area contributed by atoms with Crippen LogP contribution in [0.5, 0.6) is 0 Å². The van der Waals surface area contributed by atoms with Crippen LogP contribution < -0.4 is 0 Å². The van der Waals surface area contributed by atoms with Gasteiger partial charge in [-0.05, 0) is 33.6 Å². The maximum Gasteiger partial charge on any atom is 0.320 e. The van der Waals surface area contributed by atoms with Crippen molar-refractivity contribution in [3.63, 3.8) is 0 Å². The van der Waals surface area contributed by atoms with E-state index in [4.69, 9.17) is 5.11 Å². The number of rotatable bonds is 7. The summed E-state index contributed by atoms with van der Waals surface area (Å²) in [5.41, 5.74) is -0.390. The van der Waals surface area contributed by atoms with Crippen molar-refractivity contribution < 1.29 is 14.7 Å². The number of urea groups is 1. The SMILES string of the molecule is C=CCCCN(C)C(=O)N(CCC(=O)O)C(C)(C)C. The van der Waals surface area contributed by atoms with Gasteiger partial charge in [0.05, 0.1) is 6.42 Å². The number of aliphatic carboxylic acids is 1. The van der Waals surface area contributed by atoms with Gasteiger partial charge in [0.2, 0.25) is 0 Å². The number of hydrogen-bond donors (Lipinski definition) is 1. The summed E-state index contributed by atoms with van der Waals surface area (Å²) in [4.78, 5) is 26.2. The van der Waals surface area contributed by atoms with Crippen LogP contribution in [0, 0.1) is 0 Å². The highest BCUT2D eigenvalue weighted by Gasteiger charge is 2.28. The minimum atomic E-state index is -0.892. The zero-order valence-electron chi connectivity index (χ0n) is 12.5. The Labute approximate surface area is 115 Å². The molecule has 5 heteroatoms. The molecule has 0 spiro atoms. The molecule has 0 saturated heterocycles. The lowest BCUT2D eigenvalue weighted by atomic mass is 10.1. The van der Waals surface area contributed by atoms with Gasteiger partial charge in [-0.15, -0.1) is 6.58 Å². The molecule has 0 heterocycles. The third kappa shape index (κ3) is 6.84. The van der Waals surface area contributed by atoms with Crippen molar-refractivity contribution in [1.29, 1.82) is 0 Å². The van der Waals surface area contributed by atoms with Gasteiger partial charge >= 0.3 is 12.0 Å². The predicted octanol–water partition coefficient (Wildman–Crippen LogP) is 2.58. The molecular formula is C14H26N2O3. The highest BCUT2D eigenvalue weighted by atomic mass is 16.4. The molecule has 0 aromatic heterocycles. The van der Waals surface area contributed by atoms with Gasteiger partial charge in [0.25, 0.3) is 0 Å². The monoisotopic (exact) mass is 270 g/mol. The van der Waals surface area contributed by atoms with Crippen molar-refractivity contribution in [1.82, 2.24) is 9.80 Å². The Hall–Kier alpha value is -1.52. The fourth-order valence-corrected chi connectivity index (χ4v) is 1.70. The second-order valence-electron chi connectivity index (χ2n) is 5.60. The second kappa shape index (κ2) is 7.81. The molecule has 0 aliphatic rings. The van der Waals surface area contributed by atoms with E-state index in [2.05, 4.69) is 6.58 Å². The van der Waals surface area contributed by atoms with Crippen LogP contribution in [-0.4, -0.2) is 52.6 Å². The van der Waals surface area contributed by atoms with E-state index >= 15 is 0 Å². The molecule has 0 aliphatic carbocycles. The van der Waals surface area contributed by atoms with Gasteiger partial charge in [-0.2, -0.15) is 0 Å². The summed E-state index contributed by atoms with van der Waals surface area (Å²) < 4.78 is 0. The third-order valence-electron chi connectivity index (χ3n) is 2.82. The average Bonchev–Trinajstić information content (AvgIpc) is 2.26. The quantitative estimate of drug-likeness (QED) is 0.571. The molecule has 0 bridgehead atoms. The molecule has 0 unspecified atom stereocenters. The Morgan fingerprint density at radius 2 is 1.84 bits per heavy atom. The molecule has 0 radical (unpaired) electrons. The summed E-state index contributed by atoms with van der Waals surface area (Å²) in [6, 6.07) is -0.127. The summed E-state index contributed by atoms with van der Waals surface area (Å²) in [5, 5.41) is 8.76. The van der Waals surface area contributed by atoms with Crippen molar-refractivity contribution in [3.05, 3.63) is 12.7 Å². The van der Waals surface area contributed by atoms with Crippen LogP contribution in [0.4, 0.5) is 4.79 Å². The fraction of sp³-hybridized carbons (Fsp3) is 0.714. The van der Waals surface area contributed by atoms with E-state index in [0.29, 0.717) is 6.54 Å². The Balaban J connectivity index is 4.61. The lowest BCUT2D eigenvalue weighted by Gasteiger charge is -2.38. The topological polar surface area (TPSA) is 60.9 Å². The van der Waals surface area contributed by atoms with Gasteiger partial charge in [-0.1, -0.05) is 6.08 Å². The number of hydrogen-bond acceptors (Lipinski definition) is 2.